The molecule has 9 heteroatoms. The average molecular weight is 421 g/mol. The lowest BCUT2D eigenvalue weighted by atomic mass is 9.95. The minimum absolute atomic E-state index is 0.0259. The number of benzene rings is 2. The molecule has 5 nitrogen and oxygen atoms in total. The number of halogens is 2. The number of anilines is 1. The highest BCUT2D eigenvalue weighted by molar-refractivity contribution is 8.23. The molecular formula is C19H18F2N4OS2. The zero-order valence-corrected chi connectivity index (χ0v) is 16.6. The predicted octanol–water partition coefficient (Wildman–Crippen LogP) is 3.60. The summed E-state index contributed by atoms with van der Waals surface area (Å²) >= 11 is 6.67. The van der Waals surface area contributed by atoms with Crippen molar-refractivity contribution in [2.45, 2.75) is 12.1 Å². The molecule has 0 aliphatic heterocycles. The maximum Gasteiger partial charge on any atom is 0.140 e. The molecule has 0 bridgehead atoms. The Morgan fingerprint density at radius 3 is 2.64 bits per heavy atom. The Bertz CT molecular complexity index is 940. The van der Waals surface area contributed by atoms with Gasteiger partial charge in [0.2, 0.25) is 0 Å². The van der Waals surface area contributed by atoms with Gasteiger partial charge in [-0.25, -0.2) is 18.4 Å². The Labute approximate surface area is 171 Å². The molecule has 0 saturated heterocycles. The fraction of sp³-hybridized carbons (Fsp3) is 0.211. The van der Waals surface area contributed by atoms with Gasteiger partial charge in [-0.05, 0) is 18.2 Å². The molecule has 0 radical (unpaired) electrons. The summed E-state index contributed by atoms with van der Waals surface area (Å²) in [6, 6.07) is 12.6. The third-order valence-corrected chi connectivity index (χ3v) is 5.94. The summed E-state index contributed by atoms with van der Waals surface area (Å²) in [4.78, 5) is 5.65. The van der Waals surface area contributed by atoms with E-state index in [2.05, 4.69) is 10.1 Å². The van der Waals surface area contributed by atoms with Gasteiger partial charge >= 0.3 is 0 Å². The molecule has 0 spiro atoms. The SMILES string of the molecule is CN(C(=S)SCC(O)(Cn1cncn1)c1ccc(F)cc1F)c1ccccc1. The van der Waals surface area contributed by atoms with E-state index in [0.717, 1.165) is 17.8 Å². The van der Waals surface area contributed by atoms with Crippen LogP contribution < -0.4 is 4.90 Å². The van der Waals surface area contributed by atoms with Crippen LogP contribution in [0.3, 0.4) is 0 Å². The van der Waals surface area contributed by atoms with Gasteiger partial charge in [0.15, 0.2) is 0 Å². The van der Waals surface area contributed by atoms with Gasteiger partial charge in [0.1, 0.15) is 34.2 Å². The van der Waals surface area contributed by atoms with Crippen molar-refractivity contribution >= 4 is 34.0 Å². The Morgan fingerprint density at radius 2 is 2.00 bits per heavy atom. The van der Waals surface area contributed by atoms with Gasteiger partial charge in [-0.15, -0.1) is 0 Å². The summed E-state index contributed by atoms with van der Waals surface area (Å²) in [7, 11) is 1.82. The zero-order chi connectivity index (χ0) is 20.1. The van der Waals surface area contributed by atoms with Crippen molar-refractivity contribution in [3.63, 3.8) is 0 Å². The van der Waals surface area contributed by atoms with Crippen LogP contribution in [-0.2, 0) is 12.1 Å². The van der Waals surface area contributed by atoms with Crippen LogP contribution in [0.25, 0.3) is 0 Å². The quantitative estimate of drug-likeness (QED) is 0.615. The van der Waals surface area contributed by atoms with Crippen LogP contribution in [0.4, 0.5) is 14.5 Å². The van der Waals surface area contributed by atoms with E-state index in [9.17, 15) is 13.9 Å². The molecular weight excluding hydrogens is 402 g/mol. The van der Waals surface area contributed by atoms with E-state index in [4.69, 9.17) is 12.2 Å². The van der Waals surface area contributed by atoms with E-state index in [1.165, 1.54) is 35.2 Å². The molecule has 1 heterocycles. The number of rotatable bonds is 6. The van der Waals surface area contributed by atoms with E-state index in [1.807, 2.05) is 37.4 Å². The molecule has 1 aromatic heterocycles. The third kappa shape index (κ3) is 4.73. The highest BCUT2D eigenvalue weighted by atomic mass is 32.2. The molecule has 1 unspecified atom stereocenters. The second-order valence-electron chi connectivity index (χ2n) is 6.20. The largest absolute Gasteiger partial charge is 0.382 e. The van der Waals surface area contributed by atoms with E-state index in [1.54, 1.807) is 4.90 Å². The fourth-order valence-corrected chi connectivity index (χ4v) is 3.88. The van der Waals surface area contributed by atoms with Crippen LogP contribution in [0.1, 0.15) is 5.56 Å². The second-order valence-corrected chi connectivity index (χ2v) is 7.81. The van der Waals surface area contributed by atoms with Crippen LogP contribution in [0.2, 0.25) is 0 Å². The summed E-state index contributed by atoms with van der Waals surface area (Å²) < 4.78 is 29.7. The van der Waals surface area contributed by atoms with Crippen LogP contribution >= 0.6 is 24.0 Å². The van der Waals surface area contributed by atoms with Gasteiger partial charge in [0.05, 0.1) is 6.54 Å². The first-order chi connectivity index (χ1) is 13.4. The lowest BCUT2D eigenvalue weighted by molar-refractivity contribution is 0.0362. The summed E-state index contributed by atoms with van der Waals surface area (Å²) in [5.74, 6) is -1.49. The Hall–Kier alpha value is -2.36. The highest BCUT2D eigenvalue weighted by Crippen LogP contribution is 2.31. The van der Waals surface area contributed by atoms with Crippen LogP contribution in [0, 0.1) is 11.6 Å². The lowest BCUT2D eigenvalue weighted by Crippen LogP contribution is -2.37. The molecule has 3 aromatic rings. The third-order valence-electron chi connectivity index (χ3n) is 4.17. The van der Waals surface area contributed by atoms with Crippen molar-refractivity contribution < 1.29 is 13.9 Å². The maximum absolute atomic E-state index is 14.4. The van der Waals surface area contributed by atoms with E-state index in [0.29, 0.717) is 4.32 Å². The van der Waals surface area contributed by atoms with Gasteiger partial charge in [0.25, 0.3) is 0 Å². The summed E-state index contributed by atoms with van der Waals surface area (Å²) in [6.07, 6.45) is 2.74. The van der Waals surface area contributed by atoms with Crippen LogP contribution in [0.5, 0.6) is 0 Å². The van der Waals surface area contributed by atoms with E-state index < -0.39 is 17.2 Å². The molecule has 3 rings (SSSR count). The van der Waals surface area contributed by atoms with Crippen molar-refractivity contribution in [2.24, 2.45) is 0 Å². The first-order valence-corrected chi connectivity index (χ1v) is 9.74. The van der Waals surface area contributed by atoms with Gasteiger partial charge < -0.3 is 10.0 Å². The standard InChI is InChI=1S/C19H18F2N4OS2/c1-24(15-5-3-2-4-6-15)18(27)28-11-19(26,10-25-13-22-12-23-25)16-8-7-14(20)9-17(16)21/h2-9,12-13,26H,10-11H2,1H3. The molecule has 0 fully saturated rings. The minimum atomic E-state index is -1.67. The molecule has 28 heavy (non-hydrogen) atoms. The number of para-hydroxylation sites is 1. The Morgan fingerprint density at radius 1 is 1.25 bits per heavy atom. The molecule has 146 valence electrons. The second kappa shape index (κ2) is 8.76. The number of aromatic nitrogens is 3. The number of thiocarbonyl (C=S) groups is 1. The summed E-state index contributed by atoms with van der Waals surface area (Å²) in [5, 5.41) is 15.3. The zero-order valence-electron chi connectivity index (χ0n) is 15.0. The molecule has 1 atom stereocenters. The van der Waals surface area contributed by atoms with Gasteiger partial charge in [0, 0.05) is 30.1 Å². The lowest BCUT2D eigenvalue weighted by Gasteiger charge is -2.30. The van der Waals surface area contributed by atoms with Crippen molar-refractivity contribution in [3.8, 4) is 0 Å². The minimum Gasteiger partial charge on any atom is -0.382 e. The average Bonchev–Trinajstić information content (AvgIpc) is 3.18. The normalized spacial score (nSPS) is 13.1. The van der Waals surface area contributed by atoms with Gasteiger partial charge in [-0.2, -0.15) is 5.10 Å². The molecule has 0 aliphatic carbocycles. The van der Waals surface area contributed by atoms with Crippen molar-refractivity contribution in [1.82, 2.24) is 14.8 Å². The van der Waals surface area contributed by atoms with Gasteiger partial charge in [-0.3, -0.25) is 0 Å². The van der Waals surface area contributed by atoms with E-state index in [-0.39, 0.29) is 17.9 Å². The highest BCUT2D eigenvalue weighted by Gasteiger charge is 2.34. The molecule has 1 N–H and O–H groups in total. The monoisotopic (exact) mass is 420 g/mol. The molecule has 0 aliphatic rings. The molecule has 0 saturated carbocycles. The maximum atomic E-state index is 14.4. The van der Waals surface area contributed by atoms with Crippen LogP contribution in [-0.4, -0.2) is 37.0 Å². The Balaban J connectivity index is 1.82. The van der Waals surface area contributed by atoms with Crippen molar-refractivity contribution in [1.29, 1.82) is 0 Å². The van der Waals surface area contributed by atoms with Crippen LogP contribution in [0.15, 0.2) is 61.2 Å². The number of nitrogens with zero attached hydrogens (tertiary/aromatic N) is 4. The first kappa shape index (κ1) is 20.4. The van der Waals surface area contributed by atoms with Crippen molar-refractivity contribution in [2.75, 3.05) is 17.7 Å². The number of thioether (sulfide) groups is 1. The number of hydrogen-bond donors (Lipinski definition) is 1. The smallest absolute Gasteiger partial charge is 0.140 e. The predicted molar refractivity (Wildman–Crippen MR) is 110 cm³/mol. The summed E-state index contributed by atoms with van der Waals surface area (Å²) in [5.41, 5.74) is -0.799. The molecule has 2 aromatic carbocycles. The van der Waals surface area contributed by atoms with Crippen molar-refractivity contribution in [3.05, 3.63) is 78.4 Å². The number of aliphatic hydroxyl groups is 1. The fourth-order valence-electron chi connectivity index (χ4n) is 2.69. The molecule has 0 amide bonds. The number of hydrogen-bond acceptors (Lipinski definition) is 5. The van der Waals surface area contributed by atoms with Gasteiger partial charge in [-0.1, -0.05) is 48.2 Å². The Kier molecular flexibility index (Phi) is 6.38. The summed E-state index contributed by atoms with van der Waals surface area (Å²) in [6.45, 7) is -0.0553. The van der Waals surface area contributed by atoms with E-state index >= 15 is 0 Å². The first-order valence-electron chi connectivity index (χ1n) is 8.35. The topological polar surface area (TPSA) is 54.2 Å².